The van der Waals surface area contributed by atoms with E-state index in [1.807, 2.05) is 29.2 Å². The van der Waals surface area contributed by atoms with Gasteiger partial charge >= 0.3 is 0 Å². The Kier molecular flexibility index (Phi) is 3.49. The van der Waals surface area contributed by atoms with E-state index in [2.05, 4.69) is 25.9 Å². The summed E-state index contributed by atoms with van der Waals surface area (Å²) in [7, 11) is 0. The van der Waals surface area contributed by atoms with Gasteiger partial charge < -0.3 is 10.2 Å². The molecule has 0 bridgehead atoms. The maximum atomic E-state index is 11.6. The molecular weight excluding hydrogens is 294 g/mol. The predicted molar refractivity (Wildman–Crippen MR) is 85.0 cm³/mol. The van der Waals surface area contributed by atoms with Crippen molar-refractivity contribution in [2.75, 3.05) is 25.0 Å². The summed E-state index contributed by atoms with van der Waals surface area (Å²) >= 11 is 0. The number of rotatable bonds is 5. The molecule has 1 saturated heterocycles. The number of amides is 1. The number of fused-ring (bicyclic) bond motifs is 3. The van der Waals surface area contributed by atoms with Gasteiger partial charge in [0.25, 0.3) is 0 Å². The average Bonchev–Trinajstić information content (AvgIpc) is 3.20. The predicted octanol–water partition coefficient (Wildman–Crippen LogP) is 1.10. The van der Waals surface area contributed by atoms with Crippen molar-refractivity contribution >= 4 is 28.1 Å². The molecule has 118 valence electrons. The van der Waals surface area contributed by atoms with E-state index in [9.17, 15) is 4.79 Å². The Morgan fingerprint density at radius 3 is 2.91 bits per heavy atom. The molecule has 0 unspecified atom stereocenters. The van der Waals surface area contributed by atoms with Crippen LogP contribution in [-0.4, -0.2) is 55.7 Å². The van der Waals surface area contributed by atoms with Gasteiger partial charge in [0.2, 0.25) is 11.6 Å². The van der Waals surface area contributed by atoms with E-state index < -0.39 is 0 Å². The molecule has 0 spiro atoms. The molecule has 3 aromatic rings. The zero-order chi connectivity index (χ0) is 15.6. The molecule has 2 aromatic heterocycles. The van der Waals surface area contributed by atoms with E-state index in [0.717, 1.165) is 49.1 Å². The SMILES string of the molecule is O=C1CCCN1CCCNc1nn2nnnc2c2ccccc12. The summed E-state index contributed by atoms with van der Waals surface area (Å²) < 4.78 is 1.44. The van der Waals surface area contributed by atoms with Gasteiger partial charge in [-0.1, -0.05) is 24.3 Å². The Balaban J connectivity index is 1.50. The molecule has 1 fully saturated rings. The number of benzene rings is 1. The molecule has 1 aliphatic heterocycles. The van der Waals surface area contributed by atoms with Crippen LogP contribution in [0.15, 0.2) is 24.3 Å². The maximum Gasteiger partial charge on any atom is 0.222 e. The van der Waals surface area contributed by atoms with Crippen molar-refractivity contribution in [1.82, 2.24) is 30.2 Å². The number of nitrogens with one attached hydrogen (secondary N) is 1. The minimum absolute atomic E-state index is 0.267. The van der Waals surface area contributed by atoms with Crippen molar-refractivity contribution in [1.29, 1.82) is 0 Å². The van der Waals surface area contributed by atoms with Gasteiger partial charge in [-0.3, -0.25) is 4.79 Å². The molecule has 3 heterocycles. The van der Waals surface area contributed by atoms with Crippen LogP contribution in [-0.2, 0) is 4.79 Å². The minimum atomic E-state index is 0.267. The standard InChI is InChI=1S/C15H17N7O/c23-13-7-3-9-21(13)10-4-8-16-14-11-5-1-2-6-12(11)15-17-19-20-22(15)18-14/h1-2,5-6H,3-4,7-10H2,(H,16,18). The molecular formula is C15H17N7O. The van der Waals surface area contributed by atoms with Gasteiger partial charge in [-0.05, 0) is 23.3 Å². The lowest BCUT2D eigenvalue weighted by atomic mass is 10.2. The van der Waals surface area contributed by atoms with E-state index in [0.29, 0.717) is 12.1 Å². The third-order valence-electron chi connectivity index (χ3n) is 4.14. The molecule has 8 nitrogen and oxygen atoms in total. The van der Waals surface area contributed by atoms with Crippen LogP contribution >= 0.6 is 0 Å². The molecule has 1 N–H and O–H groups in total. The lowest BCUT2D eigenvalue weighted by Crippen LogP contribution is -2.27. The summed E-state index contributed by atoms with van der Waals surface area (Å²) in [6.45, 7) is 2.42. The molecule has 1 amide bonds. The molecule has 0 atom stereocenters. The number of carbonyl (C=O) groups excluding carboxylic acids is 1. The van der Waals surface area contributed by atoms with Crippen molar-refractivity contribution in [2.24, 2.45) is 0 Å². The van der Waals surface area contributed by atoms with E-state index in [4.69, 9.17) is 0 Å². The molecule has 1 aliphatic rings. The fourth-order valence-corrected chi connectivity index (χ4v) is 2.99. The highest BCUT2D eigenvalue weighted by Crippen LogP contribution is 2.23. The number of nitrogens with zero attached hydrogens (tertiary/aromatic N) is 6. The Morgan fingerprint density at radius 2 is 2.09 bits per heavy atom. The quantitative estimate of drug-likeness (QED) is 0.710. The van der Waals surface area contributed by atoms with Crippen LogP contribution in [0.1, 0.15) is 19.3 Å². The molecule has 0 radical (unpaired) electrons. The first-order chi connectivity index (χ1) is 11.3. The minimum Gasteiger partial charge on any atom is -0.368 e. The second-order valence-corrected chi connectivity index (χ2v) is 5.65. The van der Waals surface area contributed by atoms with Gasteiger partial charge in [0, 0.05) is 36.8 Å². The van der Waals surface area contributed by atoms with Crippen LogP contribution in [0, 0.1) is 0 Å². The first-order valence-corrected chi connectivity index (χ1v) is 7.82. The Labute approximate surface area is 132 Å². The Hall–Kier alpha value is -2.77. The molecule has 8 heteroatoms. The molecule has 23 heavy (non-hydrogen) atoms. The monoisotopic (exact) mass is 311 g/mol. The summed E-state index contributed by atoms with van der Waals surface area (Å²) in [6, 6.07) is 7.91. The number of anilines is 1. The lowest BCUT2D eigenvalue weighted by Gasteiger charge is -2.15. The Morgan fingerprint density at radius 1 is 1.22 bits per heavy atom. The molecule has 0 aliphatic carbocycles. The average molecular weight is 311 g/mol. The fraction of sp³-hybridized carbons (Fsp3) is 0.400. The summed E-state index contributed by atoms with van der Waals surface area (Å²) in [5.74, 6) is 1.02. The zero-order valence-electron chi connectivity index (χ0n) is 12.6. The van der Waals surface area contributed by atoms with Crippen LogP contribution in [0.25, 0.3) is 16.4 Å². The van der Waals surface area contributed by atoms with E-state index in [1.54, 1.807) is 0 Å². The van der Waals surface area contributed by atoms with Gasteiger partial charge in [-0.25, -0.2) is 0 Å². The van der Waals surface area contributed by atoms with Crippen molar-refractivity contribution < 1.29 is 4.79 Å². The summed E-state index contributed by atoms with van der Waals surface area (Å²) in [4.78, 5) is 13.5. The van der Waals surface area contributed by atoms with Gasteiger partial charge in [-0.15, -0.1) is 14.8 Å². The van der Waals surface area contributed by atoms with E-state index in [1.165, 1.54) is 4.63 Å². The number of hydrogen-bond acceptors (Lipinski definition) is 6. The molecule has 0 saturated carbocycles. The summed E-state index contributed by atoms with van der Waals surface area (Å²) in [5.41, 5.74) is 0.647. The third-order valence-corrected chi connectivity index (χ3v) is 4.14. The van der Waals surface area contributed by atoms with Gasteiger partial charge in [0.15, 0.2) is 5.82 Å². The summed E-state index contributed by atoms with van der Waals surface area (Å²) in [5, 5.41) is 21.3. The normalized spacial score (nSPS) is 15.0. The number of aromatic nitrogens is 5. The van der Waals surface area contributed by atoms with Crippen LogP contribution in [0.4, 0.5) is 5.82 Å². The van der Waals surface area contributed by atoms with Gasteiger partial charge in [-0.2, -0.15) is 0 Å². The molecule has 1 aromatic carbocycles. The first-order valence-electron chi connectivity index (χ1n) is 7.82. The Bertz CT molecular complexity index is 859. The van der Waals surface area contributed by atoms with Crippen molar-refractivity contribution in [3.05, 3.63) is 24.3 Å². The third kappa shape index (κ3) is 2.56. The number of tetrazole rings is 1. The second kappa shape index (κ2) is 5.79. The first kappa shape index (κ1) is 13.9. The highest BCUT2D eigenvalue weighted by molar-refractivity contribution is 5.99. The smallest absolute Gasteiger partial charge is 0.222 e. The molecule has 4 rings (SSSR count). The zero-order valence-corrected chi connectivity index (χ0v) is 12.6. The van der Waals surface area contributed by atoms with E-state index >= 15 is 0 Å². The van der Waals surface area contributed by atoms with Crippen LogP contribution in [0.3, 0.4) is 0 Å². The van der Waals surface area contributed by atoms with E-state index in [-0.39, 0.29) is 5.91 Å². The highest BCUT2D eigenvalue weighted by atomic mass is 16.2. The largest absolute Gasteiger partial charge is 0.368 e. The van der Waals surface area contributed by atoms with Gasteiger partial charge in [0.05, 0.1) is 0 Å². The van der Waals surface area contributed by atoms with Crippen LogP contribution < -0.4 is 5.32 Å². The van der Waals surface area contributed by atoms with Crippen LogP contribution in [0.2, 0.25) is 0 Å². The van der Waals surface area contributed by atoms with Gasteiger partial charge in [0.1, 0.15) is 0 Å². The highest BCUT2D eigenvalue weighted by Gasteiger charge is 2.19. The van der Waals surface area contributed by atoms with Crippen molar-refractivity contribution in [2.45, 2.75) is 19.3 Å². The summed E-state index contributed by atoms with van der Waals surface area (Å²) in [6.07, 6.45) is 2.55. The van der Waals surface area contributed by atoms with Crippen molar-refractivity contribution in [3.8, 4) is 0 Å². The topological polar surface area (TPSA) is 88.3 Å². The lowest BCUT2D eigenvalue weighted by molar-refractivity contribution is -0.127. The second-order valence-electron chi connectivity index (χ2n) is 5.65. The number of likely N-dealkylation sites (tertiary alicyclic amines) is 1. The van der Waals surface area contributed by atoms with Crippen molar-refractivity contribution in [3.63, 3.8) is 0 Å². The van der Waals surface area contributed by atoms with Crippen LogP contribution in [0.5, 0.6) is 0 Å². The number of hydrogen-bond donors (Lipinski definition) is 1. The maximum absolute atomic E-state index is 11.6. The fourth-order valence-electron chi connectivity index (χ4n) is 2.99. The number of carbonyl (C=O) groups is 1.